The lowest BCUT2D eigenvalue weighted by molar-refractivity contribution is -0.149. The van der Waals surface area contributed by atoms with E-state index in [4.69, 9.17) is 4.74 Å². The predicted octanol–water partition coefficient (Wildman–Crippen LogP) is 1.32. The van der Waals surface area contributed by atoms with E-state index < -0.39 is 12.1 Å². The molecule has 7 heteroatoms. The van der Waals surface area contributed by atoms with Gasteiger partial charge in [0.15, 0.2) is 6.10 Å². The van der Waals surface area contributed by atoms with Crippen molar-refractivity contribution >= 4 is 23.5 Å². The number of carbonyl (C=O) groups is 3. The second kappa shape index (κ2) is 8.96. The third-order valence-corrected chi connectivity index (χ3v) is 3.89. The molecule has 1 heterocycles. The fourth-order valence-corrected chi connectivity index (χ4v) is 2.36. The monoisotopic (exact) mass is 345 g/mol. The van der Waals surface area contributed by atoms with Crippen molar-refractivity contribution in [2.45, 2.75) is 51.7 Å². The highest BCUT2D eigenvalue weighted by molar-refractivity contribution is 6.37. The number of ether oxygens (including phenoxy) is 1. The summed E-state index contributed by atoms with van der Waals surface area (Å²) in [4.78, 5) is 35.1. The molecule has 2 rings (SSSR count). The van der Waals surface area contributed by atoms with Crippen molar-refractivity contribution in [1.29, 1.82) is 0 Å². The summed E-state index contributed by atoms with van der Waals surface area (Å²) in [6, 6.07) is 9.98. The smallest absolute Gasteiger partial charge is 0.355 e. The highest BCUT2D eigenvalue weighted by atomic mass is 16.5. The number of nitrogens with zero attached hydrogens (tertiary/aromatic N) is 1. The number of nitrogens with one attached hydrogen (secondary N) is 2. The van der Waals surface area contributed by atoms with Crippen molar-refractivity contribution in [2.75, 3.05) is 0 Å². The van der Waals surface area contributed by atoms with Crippen LogP contribution in [0.3, 0.4) is 0 Å². The molecule has 1 aliphatic rings. The average Bonchev–Trinajstić information content (AvgIpc) is 2.61. The number of hydrazone groups is 1. The first-order valence-electron chi connectivity index (χ1n) is 8.36. The quantitative estimate of drug-likeness (QED) is 0.729. The minimum absolute atomic E-state index is 0.0415. The SMILES string of the molecule is C[C@@H](CCc1ccccc1)NC(=O)[C@@H](C)OC(=O)C1=NNC(=O)CC1. The van der Waals surface area contributed by atoms with Gasteiger partial charge in [-0.3, -0.25) is 9.59 Å². The Balaban J connectivity index is 1.75. The first kappa shape index (κ1) is 18.6. The van der Waals surface area contributed by atoms with Gasteiger partial charge in [0, 0.05) is 18.9 Å². The zero-order chi connectivity index (χ0) is 18.2. The number of aryl methyl sites for hydroxylation is 1. The van der Waals surface area contributed by atoms with E-state index in [1.807, 2.05) is 37.3 Å². The summed E-state index contributed by atoms with van der Waals surface area (Å²) in [7, 11) is 0. The molecule has 0 bridgehead atoms. The molecule has 1 aromatic carbocycles. The summed E-state index contributed by atoms with van der Waals surface area (Å²) in [5.41, 5.74) is 3.56. The van der Waals surface area contributed by atoms with Gasteiger partial charge < -0.3 is 10.1 Å². The molecule has 25 heavy (non-hydrogen) atoms. The number of rotatable bonds is 7. The second-order valence-electron chi connectivity index (χ2n) is 6.07. The molecule has 0 saturated heterocycles. The summed E-state index contributed by atoms with van der Waals surface area (Å²) in [6.45, 7) is 3.43. The number of amides is 2. The number of carbonyl (C=O) groups excluding carboxylic acids is 3. The summed E-state index contributed by atoms with van der Waals surface area (Å²) >= 11 is 0. The molecule has 2 atom stereocenters. The Bertz CT molecular complexity index is 658. The van der Waals surface area contributed by atoms with Gasteiger partial charge in [-0.05, 0) is 32.3 Å². The van der Waals surface area contributed by atoms with E-state index in [9.17, 15) is 14.4 Å². The van der Waals surface area contributed by atoms with Gasteiger partial charge in [-0.1, -0.05) is 30.3 Å². The van der Waals surface area contributed by atoms with Gasteiger partial charge in [0.25, 0.3) is 5.91 Å². The molecular weight excluding hydrogens is 322 g/mol. The highest BCUT2D eigenvalue weighted by Crippen LogP contribution is 2.06. The normalized spacial score (nSPS) is 16.2. The molecule has 0 saturated carbocycles. The van der Waals surface area contributed by atoms with E-state index in [2.05, 4.69) is 15.8 Å². The van der Waals surface area contributed by atoms with Crippen molar-refractivity contribution in [1.82, 2.24) is 10.7 Å². The molecule has 7 nitrogen and oxygen atoms in total. The third-order valence-electron chi connectivity index (χ3n) is 3.89. The average molecular weight is 345 g/mol. The molecule has 0 unspecified atom stereocenters. The molecule has 0 radical (unpaired) electrons. The van der Waals surface area contributed by atoms with Gasteiger partial charge in [-0.15, -0.1) is 0 Å². The summed E-state index contributed by atoms with van der Waals surface area (Å²) < 4.78 is 5.12. The molecule has 1 aliphatic heterocycles. The lowest BCUT2D eigenvalue weighted by atomic mass is 10.1. The molecule has 0 aliphatic carbocycles. The van der Waals surface area contributed by atoms with Crippen molar-refractivity contribution in [2.24, 2.45) is 5.10 Å². The second-order valence-corrected chi connectivity index (χ2v) is 6.07. The maximum atomic E-state index is 12.1. The van der Waals surface area contributed by atoms with Crippen LogP contribution >= 0.6 is 0 Å². The van der Waals surface area contributed by atoms with E-state index in [1.165, 1.54) is 12.5 Å². The Morgan fingerprint density at radius 1 is 1.24 bits per heavy atom. The topological polar surface area (TPSA) is 96.9 Å². The molecule has 0 spiro atoms. The van der Waals surface area contributed by atoms with Crippen LogP contribution in [-0.2, 0) is 25.5 Å². The molecule has 2 amide bonds. The van der Waals surface area contributed by atoms with Crippen LogP contribution in [0.1, 0.15) is 38.7 Å². The van der Waals surface area contributed by atoms with Crippen LogP contribution < -0.4 is 10.7 Å². The van der Waals surface area contributed by atoms with Gasteiger partial charge in [-0.2, -0.15) is 5.10 Å². The summed E-state index contributed by atoms with van der Waals surface area (Å²) in [6.07, 6.45) is 1.12. The Kier molecular flexibility index (Phi) is 6.68. The Morgan fingerprint density at radius 3 is 2.60 bits per heavy atom. The van der Waals surface area contributed by atoms with E-state index in [1.54, 1.807) is 0 Å². The highest BCUT2D eigenvalue weighted by Gasteiger charge is 2.24. The first-order valence-corrected chi connectivity index (χ1v) is 8.36. The Morgan fingerprint density at radius 2 is 1.96 bits per heavy atom. The number of esters is 1. The van der Waals surface area contributed by atoms with Gasteiger partial charge in [0.1, 0.15) is 5.71 Å². The molecular formula is C18H23N3O4. The largest absolute Gasteiger partial charge is 0.448 e. The van der Waals surface area contributed by atoms with E-state index in [0.29, 0.717) is 0 Å². The van der Waals surface area contributed by atoms with Crippen LogP contribution in [0.4, 0.5) is 0 Å². The molecule has 2 N–H and O–H groups in total. The fraction of sp³-hybridized carbons (Fsp3) is 0.444. The lowest BCUT2D eigenvalue weighted by Crippen LogP contribution is -2.42. The van der Waals surface area contributed by atoms with E-state index in [0.717, 1.165) is 12.8 Å². The zero-order valence-corrected chi connectivity index (χ0v) is 14.5. The number of benzene rings is 1. The summed E-state index contributed by atoms with van der Waals surface area (Å²) in [5, 5.41) is 6.50. The van der Waals surface area contributed by atoms with Crippen LogP contribution in [-0.4, -0.2) is 35.6 Å². The lowest BCUT2D eigenvalue weighted by Gasteiger charge is -2.19. The van der Waals surface area contributed by atoms with Crippen LogP contribution in [0.5, 0.6) is 0 Å². The Labute approximate surface area is 146 Å². The number of hydrogen-bond donors (Lipinski definition) is 2. The standard InChI is InChI=1S/C18H23N3O4/c1-12(8-9-14-6-4-3-5-7-14)19-17(23)13(2)25-18(24)15-10-11-16(22)21-20-15/h3-7,12-13H,8-11H2,1-2H3,(H,19,23)(H,21,22)/t12-,13+/m0/s1. The molecule has 1 aromatic rings. The van der Waals surface area contributed by atoms with Crippen molar-refractivity contribution in [3.05, 3.63) is 35.9 Å². The number of hydrogen-bond acceptors (Lipinski definition) is 5. The first-order chi connectivity index (χ1) is 12.0. The minimum atomic E-state index is -0.924. The van der Waals surface area contributed by atoms with Gasteiger partial charge in [0.05, 0.1) is 0 Å². The fourth-order valence-electron chi connectivity index (χ4n) is 2.36. The molecule has 0 fully saturated rings. The summed E-state index contributed by atoms with van der Waals surface area (Å²) in [5.74, 6) is -1.27. The van der Waals surface area contributed by atoms with Gasteiger partial charge in [-0.25, -0.2) is 10.2 Å². The van der Waals surface area contributed by atoms with Crippen LogP contribution in [0.2, 0.25) is 0 Å². The minimum Gasteiger partial charge on any atom is -0.448 e. The maximum Gasteiger partial charge on any atom is 0.355 e. The van der Waals surface area contributed by atoms with Crippen LogP contribution in [0.15, 0.2) is 35.4 Å². The maximum absolute atomic E-state index is 12.1. The van der Waals surface area contributed by atoms with Crippen molar-refractivity contribution < 1.29 is 19.1 Å². The van der Waals surface area contributed by atoms with E-state index >= 15 is 0 Å². The van der Waals surface area contributed by atoms with Gasteiger partial charge in [0.2, 0.25) is 5.91 Å². The van der Waals surface area contributed by atoms with Gasteiger partial charge >= 0.3 is 5.97 Å². The van der Waals surface area contributed by atoms with Crippen molar-refractivity contribution in [3.63, 3.8) is 0 Å². The van der Waals surface area contributed by atoms with Crippen molar-refractivity contribution in [3.8, 4) is 0 Å². The predicted molar refractivity (Wildman–Crippen MR) is 92.7 cm³/mol. The van der Waals surface area contributed by atoms with Crippen LogP contribution in [0.25, 0.3) is 0 Å². The molecule has 134 valence electrons. The zero-order valence-electron chi connectivity index (χ0n) is 14.5. The molecule has 0 aromatic heterocycles. The van der Waals surface area contributed by atoms with Crippen LogP contribution in [0, 0.1) is 0 Å². The Hall–Kier alpha value is -2.70. The third kappa shape index (κ3) is 6.02. The van der Waals surface area contributed by atoms with E-state index in [-0.39, 0.29) is 36.4 Å².